The molecule has 3 amide bonds. The van der Waals surface area contributed by atoms with Gasteiger partial charge in [-0.1, -0.05) is 12.1 Å². The highest BCUT2D eigenvalue weighted by Gasteiger charge is 2.40. The molecule has 1 saturated heterocycles. The molecule has 0 saturated carbocycles. The lowest BCUT2D eigenvalue weighted by molar-refractivity contribution is -0.139. The number of carboxylic acids is 1. The number of amides is 3. The fourth-order valence-electron chi connectivity index (χ4n) is 1.89. The third-order valence-corrected chi connectivity index (χ3v) is 3.51. The molecule has 1 heterocycles. The molecule has 0 unspecified atom stereocenters. The van der Waals surface area contributed by atoms with E-state index in [0.29, 0.717) is 5.69 Å². The number of anilines is 1. The average Bonchev–Trinajstić information content (AvgIpc) is 2.64. The van der Waals surface area contributed by atoms with Crippen LogP contribution in [0.2, 0.25) is 0 Å². The Kier molecular flexibility index (Phi) is 3.75. The quantitative estimate of drug-likeness (QED) is 0.641. The Morgan fingerprint density at radius 2 is 2.11 bits per heavy atom. The van der Waals surface area contributed by atoms with Gasteiger partial charge in [0.15, 0.2) is 0 Å². The second-order valence-corrected chi connectivity index (χ2v) is 4.79. The van der Waals surface area contributed by atoms with Gasteiger partial charge in [0.2, 0.25) is 0 Å². The summed E-state index contributed by atoms with van der Waals surface area (Å²) in [5.41, 5.74) is 0.477. The summed E-state index contributed by atoms with van der Waals surface area (Å²) in [4.78, 5) is 36.4. The summed E-state index contributed by atoms with van der Waals surface area (Å²) in [6, 6.07) is 5.40. The van der Waals surface area contributed by atoms with Gasteiger partial charge in [-0.05, 0) is 18.4 Å². The van der Waals surface area contributed by atoms with Gasteiger partial charge in [0.25, 0.3) is 5.91 Å². The van der Waals surface area contributed by atoms with Crippen LogP contribution in [0.3, 0.4) is 0 Å². The molecule has 100 valence electrons. The van der Waals surface area contributed by atoms with E-state index in [9.17, 15) is 14.4 Å². The van der Waals surface area contributed by atoms with Crippen LogP contribution < -0.4 is 10.2 Å². The first kappa shape index (κ1) is 13.4. The predicted molar refractivity (Wildman–Crippen MR) is 70.3 cm³/mol. The molecule has 0 aliphatic carbocycles. The van der Waals surface area contributed by atoms with Crippen LogP contribution in [-0.4, -0.2) is 35.3 Å². The maximum absolute atomic E-state index is 12.1. The van der Waals surface area contributed by atoms with E-state index >= 15 is 0 Å². The molecule has 1 fully saturated rings. The van der Waals surface area contributed by atoms with E-state index in [1.165, 1.54) is 11.8 Å². The summed E-state index contributed by atoms with van der Waals surface area (Å²) in [6.45, 7) is 0. The van der Waals surface area contributed by atoms with E-state index in [1.54, 1.807) is 18.2 Å². The SMILES string of the molecule is CSc1ccccc1N1C(=O)N[C@@H](CC(=O)O)C1=O. The monoisotopic (exact) mass is 280 g/mol. The van der Waals surface area contributed by atoms with Crippen molar-refractivity contribution >= 4 is 35.4 Å². The zero-order valence-electron chi connectivity index (χ0n) is 10.1. The number of nitrogens with one attached hydrogen (secondary N) is 1. The first-order valence-corrected chi connectivity index (χ1v) is 6.76. The molecule has 0 bridgehead atoms. The molecule has 7 heteroatoms. The minimum atomic E-state index is -1.13. The number of hydrogen-bond donors (Lipinski definition) is 2. The van der Waals surface area contributed by atoms with Crippen molar-refractivity contribution in [3.63, 3.8) is 0 Å². The van der Waals surface area contributed by atoms with Crippen molar-refractivity contribution < 1.29 is 19.5 Å². The Labute approximate surface area is 113 Å². The Balaban J connectivity index is 2.32. The lowest BCUT2D eigenvalue weighted by atomic mass is 10.2. The van der Waals surface area contributed by atoms with Crippen LogP contribution in [0.5, 0.6) is 0 Å². The van der Waals surface area contributed by atoms with Crippen LogP contribution in [0.25, 0.3) is 0 Å². The van der Waals surface area contributed by atoms with Crippen LogP contribution in [0.1, 0.15) is 6.42 Å². The second kappa shape index (κ2) is 5.31. The van der Waals surface area contributed by atoms with Crippen molar-refractivity contribution in [1.82, 2.24) is 5.32 Å². The highest BCUT2D eigenvalue weighted by Crippen LogP contribution is 2.30. The Morgan fingerprint density at radius 3 is 2.74 bits per heavy atom. The van der Waals surface area contributed by atoms with Crippen molar-refractivity contribution in [2.75, 3.05) is 11.2 Å². The number of nitrogens with zero attached hydrogens (tertiary/aromatic N) is 1. The summed E-state index contributed by atoms with van der Waals surface area (Å²) in [6.07, 6.45) is 1.43. The van der Waals surface area contributed by atoms with Gasteiger partial charge in [-0.2, -0.15) is 0 Å². The van der Waals surface area contributed by atoms with Gasteiger partial charge in [-0.15, -0.1) is 11.8 Å². The van der Waals surface area contributed by atoms with Gasteiger partial charge in [-0.3, -0.25) is 9.59 Å². The fourth-order valence-corrected chi connectivity index (χ4v) is 2.47. The zero-order valence-corrected chi connectivity index (χ0v) is 10.9. The number of benzene rings is 1. The third-order valence-electron chi connectivity index (χ3n) is 2.72. The molecule has 1 aliphatic rings. The summed E-state index contributed by atoms with van der Waals surface area (Å²) >= 11 is 1.41. The highest BCUT2D eigenvalue weighted by molar-refractivity contribution is 7.98. The summed E-state index contributed by atoms with van der Waals surface area (Å²) in [7, 11) is 0. The first-order chi connectivity index (χ1) is 9.04. The van der Waals surface area contributed by atoms with Gasteiger partial charge in [0.1, 0.15) is 6.04 Å². The molecule has 1 aromatic carbocycles. The average molecular weight is 280 g/mol. The zero-order chi connectivity index (χ0) is 14.0. The molecule has 2 N–H and O–H groups in total. The number of thioether (sulfide) groups is 1. The lowest BCUT2D eigenvalue weighted by Crippen LogP contribution is -2.32. The van der Waals surface area contributed by atoms with E-state index in [0.717, 1.165) is 9.80 Å². The topological polar surface area (TPSA) is 86.7 Å². The van der Waals surface area contributed by atoms with Crippen LogP contribution >= 0.6 is 11.8 Å². The molecule has 1 aliphatic heterocycles. The van der Waals surface area contributed by atoms with E-state index < -0.39 is 30.4 Å². The van der Waals surface area contributed by atoms with E-state index in [4.69, 9.17) is 5.11 Å². The maximum Gasteiger partial charge on any atom is 0.329 e. The van der Waals surface area contributed by atoms with Gasteiger partial charge in [0, 0.05) is 4.90 Å². The second-order valence-electron chi connectivity index (χ2n) is 3.95. The molecular formula is C12H12N2O4S. The molecule has 1 atom stereocenters. The number of hydrogen-bond acceptors (Lipinski definition) is 4. The number of rotatable bonds is 4. The molecule has 6 nitrogen and oxygen atoms in total. The number of urea groups is 1. The van der Waals surface area contributed by atoms with Crippen molar-refractivity contribution in [3.8, 4) is 0 Å². The molecule has 0 radical (unpaired) electrons. The first-order valence-electron chi connectivity index (χ1n) is 5.54. The van der Waals surface area contributed by atoms with Crippen molar-refractivity contribution in [2.24, 2.45) is 0 Å². The summed E-state index contributed by atoms with van der Waals surface area (Å²) in [5, 5.41) is 11.1. The minimum absolute atomic E-state index is 0.414. The number of carbonyl (C=O) groups excluding carboxylic acids is 2. The smallest absolute Gasteiger partial charge is 0.329 e. The van der Waals surface area contributed by atoms with Gasteiger partial charge in [0.05, 0.1) is 12.1 Å². The number of carboxylic acid groups (broad SMARTS) is 1. The minimum Gasteiger partial charge on any atom is -0.481 e. The Bertz CT molecular complexity index is 546. The number of carbonyl (C=O) groups is 3. The predicted octanol–water partition coefficient (Wildman–Crippen LogP) is 1.31. The van der Waals surface area contributed by atoms with Gasteiger partial charge >= 0.3 is 12.0 Å². The normalized spacial score (nSPS) is 18.6. The molecule has 0 aromatic heterocycles. The van der Waals surface area contributed by atoms with Crippen LogP contribution in [0, 0.1) is 0 Å². The standard InChI is InChI=1S/C12H12N2O4S/c1-19-9-5-3-2-4-8(9)14-11(17)7(6-10(15)16)13-12(14)18/h2-5,7H,6H2,1H3,(H,13,18)(H,15,16)/t7-/m0/s1. The largest absolute Gasteiger partial charge is 0.481 e. The van der Waals surface area contributed by atoms with Crippen molar-refractivity contribution in [1.29, 1.82) is 0 Å². The van der Waals surface area contributed by atoms with Gasteiger partial charge in [-0.25, -0.2) is 9.69 Å². The lowest BCUT2D eigenvalue weighted by Gasteiger charge is -2.15. The third kappa shape index (κ3) is 2.55. The Hall–Kier alpha value is -2.02. The highest BCUT2D eigenvalue weighted by atomic mass is 32.2. The van der Waals surface area contributed by atoms with E-state index in [2.05, 4.69) is 5.32 Å². The van der Waals surface area contributed by atoms with Crippen molar-refractivity contribution in [3.05, 3.63) is 24.3 Å². The summed E-state index contributed by atoms with van der Waals surface area (Å²) in [5.74, 6) is -1.66. The molecule has 0 spiro atoms. The molecule has 2 rings (SSSR count). The summed E-state index contributed by atoms with van der Waals surface area (Å²) < 4.78 is 0. The Morgan fingerprint density at radius 1 is 1.42 bits per heavy atom. The number of imide groups is 1. The molecule has 1 aromatic rings. The number of aliphatic carboxylic acids is 1. The van der Waals surface area contributed by atoms with E-state index in [1.807, 2.05) is 12.3 Å². The van der Waals surface area contributed by atoms with Crippen LogP contribution in [0.15, 0.2) is 29.2 Å². The van der Waals surface area contributed by atoms with Crippen LogP contribution in [0.4, 0.5) is 10.5 Å². The van der Waals surface area contributed by atoms with Crippen LogP contribution in [-0.2, 0) is 9.59 Å². The maximum atomic E-state index is 12.1. The number of para-hydroxylation sites is 1. The fraction of sp³-hybridized carbons (Fsp3) is 0.250. The molecular weight excluding hydrogens is 268 g/mol. The molecule has 19 heavy (non-hydrogen) atoms. The van der Waals surface area contributed by atoms with E-state index in [-0.39, 0.29) is 0 Å². The van der Waals surface area contributed by atoms with Gasteiger partial charge < -0.3 is 10.4 Å². The van der Waals surface area contributed by atoms with Crippen molar-refractivity contribution in [2.45, 2.75) is 17.4 Å².